The van der Waals surface area contributed by atoms with Crippen LogP contribution in [0.1, 0.15) is 30.2 Å². The quantitative estimate of drug-likeness (QED) is 0.740. The fourth-order valence-electron chi connectivity index (χ4n) is 3.03. The molecule has 1 aliphatic rings. The van der Waals surface area contributed by atoms with E-state index in [4.69, 9.17) is 4.52 Å². The van der Waals surface area contributed by atoms with E-state index in [1.165, 1.54) is 0 Å². The Morgan fingerprint density at radius 3 is 2.52 bits per heavy atom. The molecule has 27 heavy (non-hydrogen) atoms. The van der Waals surface area contributed by atoms with Crippen LogP contribution in [0.4, 0.5) is 0 Å². The van der Waals surface area contributed by atoms with Crippen LogP contribution in [0.15, 0.2) is 16.9 Å². The van der Waals surface area contributed by atoms with Crippen molar-refractivity contribution in [2.45, 2.75) is 25.9 Å². The monoisotopic (exact) mass is 419 g/mol. The Morgan fingerprint density at radius 1 is 1.30 bits per heavy atom. The van der Waals surface area contributed by atoms with Crippen molar-refractivity contribution < 1.29 is 9.32 Å². The molecule has 0 bridgehead atoms. The van der Waals surface area contributed by atoms with Crippen LogP contribution in [0.3, 0.4) is 0 Å². The molecule has 1 saturated heterocycles. The number of halogens is 2. The van der Waals surface area contributed by atoms with Gasteiger partial charge < -0.3 is 14.7 Å². The van der Waals surface area contributed by atoms with Crippen molar-refractivity contribution in [1.29, 1.82) is 0 Å². The second-order valence-electron chi connectivity index (χ2n) is 6.23. The molecule has 152 valence electrons. The second-order valence-corrected chi connectivity index (χ2v) is 6.23. The first-order valence-corrected chi connectivity index (χ1v) is 8.59. The normalized spacial score (nSPS) is 15.7. The van der Waals surface area contributed by atoms with Crippen LogP contribution in [0, 0.1) is 0 Å². The molecule has 1 atom stereocenters. The zero-order chi connectivity index (χ0) is 17.8. The van der Waals surface area contributed by atoms with Gasteiger partial charge >= 0.3 is 0 Å². The van der Waals surface area contributed by atoms with Gasteiger partial charge in [0.15, 0.2) is 5.82 Å². The number of aryl methyl sites for hydroxylation is 2. The fraction of sp³-hybridized carbons (Fsp3) is 0.625. The van der Waals surface area contributed by atoms with E-state index in [1.54, 1.807) is 17.9 Å². The van der Waals surface area contributed by atoms with E-state index in [2.05, 4.69) is 25.5 Å². The number of aromatic nitrogens is 4. The van der Waals surface area contributed by atoms with E-state index in [1.807, 2.05) is 25.1 Å². The van der Waals surface area contributed by atoms with Crippen LogP contribution in [-0.2, 0) is 24.8 Å². The minimum atomic E-state index is -0.357. The maximum atomic E-state index is 12.8. The van der Waals surface area contributed by atoms with E-state index in [0.717, 1.165) is 25.1 Å². The third-order valence-corrected chi connectivity index (χ3v) is 4.46. The number of hydrogen-bond donors (Lipinski definition) is 1. The summed E-state index contributed by atoms with van der Waals surface area (Å²) in [4.78, 5) is 21.3. The zero-order valence-corrected chi connectivity index (χ0v) is 17.4. The molecule has 1 amide bonds. The molecule has 3 rings (SSSR count). The van der Waals surface area contributed by atoms with Gasteiger partial charge in [-0.1, -0.05) is 12.1 Å². The fourth-order valence-corrected chi connectivity index (χ4v) is 3.03. The van der Waals surface area contributed by atoms with Gasteiger partial charge in [-0.15, -0.1) is 24.8 Å². The summed E-state index contributed by atoms with van der Waals surface area (Å²) in [6.45, 7) is 5.62. The molecule has 1 fully saturated rings. The molecule has 1 unspecified atom stereocenters. The number of hydrogen-bond acceptors (Lipinski definition) is 7. The molecule has 0 aliphatic carbocycles. The first-order chi connectivity index (χ1) is 12.1. The molecule has 11 heteroatoms. The van der Waals surface area contributed by atoms with Crippen LogP contribution < -0.4 is 5.32 Å². The average molecular weight is 420 g/mol. The predicted octanol–water partition coefficient (Wildman–Crippen LogP) is 0.814. The van der Waals surface area contributed by atoms with Crippen molar-refractivity contribution in [1.82, 2.24) is 35.0 Å². The molecule has 9 nitrogen and oxygen atoms in total. The van der Waals surface area contributed by atoms with Crippen LogP contribution in [0.5, 0.6) is 0 Å². The van der Waals surface area contributed by atoms with E-state index in [0.29, 0.717) is 31.3 Å². The van der Waals surface area contributed by atoms with Crippen LogP contribution in [0.2, 0.25) is 0 Å². The van der Waals surface area contributed by atoms with Crippen LogP contribution in [0.25, 0.3) is 0 Å². The second kappa shape index (κ2) is 10.6. The number of likely N-dealkylation sites (N-methyl/N-ethyl adjacent to an activating group) is 1. The number of nitrogens with one attached hydrogen (secondary N) is 1. The summed E-state index contributed by atoms with van der Waals surface area (Å²) in [5, 5.41) is 11.2. The summed E-state index contributed by atoms with van der Waals surface area (Å²) < 4.78 is 6.85. The minimum Gasteiger partial charge on any atom is -0.339 e. The Balaban J connectivity index is 0.00000182. The Hall–Kier alpha value is -1.68. The predicted molar refractivity (Wildman–Crippen MR) is 105 cm³/mol. The summed E-state index contributed by atoms with van der Waals surface area (Å²) in [6.07, 6.45) is 4.35. The Morgan fingerprint density at radius 2 is 2.00 bits per heavy atom. The first-order valence-electron chi connectivity index (χ1n) is 8.59. The average Bonchev–Trinajstić information content (AvgIpc) is 3.25. The smallest absolute Gasteiger partial charge is 0.244 e. The SMILES string of the molecule is CCc1nc(CN2CCN(C(=O)C(NC)c3cnn(C)c3)CC2)no1.Cl.Cl. The largest absolute Gasteiger partial charge is 0.339 e. The molecule has 1 aliphatic heterocycles. The van der Waals surface area contributed by atoms with Gasteiger partial charge in [-0.05, 0) is 7.05 Å². The van der Waals surface area contributed by atoms with E-state index < -0.39 is 0 Å². The third-order valence-electron chi connectivity index (χ3n) is 4.46. The Kier molecular flexibility index (Phi) is 9.17. The van der Waals surface area contributed by atoms with E-state index >= 15 is 0 Å². The number of carbonyl (C=O) groups excluding carboxylic acids is 1. The lowest BCUT2D eigenvalue weighted by Gasteiger charge is -2.35. The van der Waals surface area contributed by atoms with Gasteiger partial charge in [0.25, 0.3) is 0 Å². The van der Waals surface area contributed by atoms with Crippen molar-refractivity contribution in [3.8, 4) is 0 Å². The highest BCUT2D eigenvalue weighted by molar-refractivity contribution is 5.85. The Bertz CT molecular complexity index is 713. The number of piperazine rings is 1. The number of rotatable bonds is 6. The molecule has 0 saturated carbocycles. The van der Waals surface area contributed by atoms with Crippen LogP contribution >= 0.6 is 24.8 Å². The summed E-state index contributed by atoms with van der Waals surface area (Å²) in [5.74, 6) is 1.46. The molecule has 3 heterocycles. The summed E-state index contributed by atoms with van der Waals surface area (Å²) in [5.41, 5.74) is 0.885. The van der Waals surface area contributed by atoms with Gasteiger partial charge in [-0.3, -0.25) is 14.4 Å². The molecular weight excluding hydrogens is 393 g/mol. The van der Waals surface area contributed by atoms with Gasteiger partial charge in [0, 0.05) is 51.4 Å². The molecule has 2 aromatic rings. The van der Waals surface area contributed by atoms with Gasteiger partial charge in [0.05, 0.1) is 12.7 Å². The highest BCUT2D eigenvalue weighted by Gasteiger charge is 2.28. The van der Waals surface area contributed by atoms with Gasteiger partial charge in [-0.2, -0.15) is 10.1 Å². The maximum absolute atomic E-state index is 12.8. The lowest BCUT2D eigenvalue weighted by atomic mass is 10.1. The minimum absolute atomic E-state index is 0. The highest BCUT2D eigenvalue weighted by Crippen LogP contribution is 2.16. The van der Waals surface area contributed by atoms with Crippen molar-refractivity contribution in [3.63, 3.8) is 0 Å². The molecule has 1 N–H and O–H groups in total. The lowest BCUT2D eigenvalue weighted by Crippen LogP contribution is -2.51. The van der Waals surface area contributed by atoms with E-state index in [-0.39, 0.29) is 36.8 Å². The lowest BCUT2D eigenvalue weighted by molar-refractivity contribution is -0.135. The number of amides is 1. The standard InChI is InChI=1S/C16H25N7O2.2ClH/c1-4-14-19-13(20-25-14)11-22-5-7-23(8-6-22)16(24)15(17-2)12-9-18-21(3)10-12;;/h9-10,15,17H,4-8,11H2,1-3H3;2*1H. The van der Waals surface area contributed by atoms with Crippen molar-refractivity contribution in [2.75, 3.05) is 33.2 Å². The molecule has 2 aromatic heterocycles. The van der Waals surface area contributed by atoms with Crippen molar-refractivity contribution >= 4 is 30.7 Å². The summed E-state index contributed by atoms with van der Waals surface area (Å²) in [7, 11) is 3.65. The van der Waals surface area contributed by atoms with Crippen LogP contribution in [-0.4, -0.2) is 68.9 Å². The molecule has 0 radical (unpaired) electrons. The molecule has 0 spiro atoms. The van der Waals surface area contributed by atoms with Crippen molar-refractivity contribution in [2.24, 2.45) is 7.05 Å². The topological polar surface area (TPSA) is 92.3 Å². The number of carbonyl (C=O) groups is 1. The molecule has 0 aromatic carbocycles. The van der Waals surface area contributed by atoms with Gasteiger partial charge in [0.2, 0.25) is 11.8 Å². The van der Waals surface area contributed by atoms with Crippen molar-refractivity contribution in [3.05, 3.63) is 29.7 Å². The summed E-state index contributed by atoms with van der Waals surface area (Å²) >= 11 is 0. The number of nitrogens with zero attached hydrogens (tertiary/aromatic N) is 6. The first kappa shape index (κ1) is 23.4. The van der Waals surface area contributed by atoms with Gasteiger partial charge in [-0.25, -0.2) is 0 Å². The highest BCUT2D eigenvalue weighted by atomic mass is 35.5. The maximum Gasteiger partial charge on any atom is 0.244 e. The van der Waals surface area contributed by atoms with E-state index in [9.17, 15) is 4.79 Å². The van der Waals surface area contributed by atoms with Gasteiger partial charge in [0.1, 0.15) is 6.04 Å². The zero-order valence-electron chi connectivity index (χ0n) is 15.8. The Labute approximate surface area is 171 Å². The molecular formula is C16H27Cl2N7O2. The summed E-state index contributed by atoms with van der Waals surface area (Å²) in [6, 6.07) is -0.357. The third kappa shape index (κ3) is 5.65.